The zero-order chi connectivity index (χ0) is 22.8. The maximum atomic E-state index is 13.0. The monoisotopic (exact) mass is 466 g/mol. The van der Waals surface area contributed by atoms with Crippen molar-refractivity contribution >= 4 is 40.3 Å². The number of likely N-dealkylation sites (N-methyl/N-ethyl adjacent to an activating group) is 1. The number of ether oxygens (including phenoxy) is 1. The number of hydrogen-bond acceptors (Lipinski definition) is 4. The van der Waals surface area contributed by atoms with Crippen LogP contribution in [0.15, 0.2) is 59.5 Å². The average molecular weight is 467 g/mol. The lowest BCUT2D eigenvalue weighted by molar-refractivity contribution is -0.121. The highest BCUT2D eigenvalue weighted by Gasteiger charge is 2.30. The molecule has 3 aromatic rings. The molecule has 0 bridgehead atoms. The summed E-state index contributed by atoms with van der Waals surface area (Å²) in [6, 6.07) is 16.2. The van der Waals surface area contributed by atoms with Crippen LogP contribution in [-0.4, -0.2) is 26.2 Å². The van der Waals surface area contributed by atoms with Crippen LogP contribution in [0.25, 0.3) is 11.8 Å². The van der Waals surface area contributed by atoms with E-state index in [4.69, 9.17) is 17.0 Å². The molecule has 0 spiro atoms. The van der Waals surface area contributed by atoms with Crippen LogP contribution in [0.1, 0.15) is 29.4 Å². The van der Waals surface area contributed by atoms with Gasteiger partial charge in [-0.15, -0.1) is 0 Å². The van der Waals surface area contributed by atoms with Crippen LogP contribution in [0.2, 0.25) is 0 Å². The van der Waals surface area contributed by atoms with Gasteiger partial charge in [-0.2, -0.15) is 0 Å². The Kier molecular flexibility index (Phi) is 6.48. The Morgan fingerprint density at radius 1 is 1.09 bits per heavy atom. The molecular weight excluding hydrogens is 443 g/mol. The molecule has 7 heteroatoms. The first-order valence-corrected chi connectivity index (χ1v) is 11.5. The number of benzene rings is 2. The molecule has 164 valence electrons. The summed E-state index contributed by atoms with van der Waals surface area (Å²) >= 11 is 6.66. The van der Waals surface area contributed by atoms with Crippen molar-refractivity contribution in [1.29, 1.82) is 0 Å². The number of hydrogen-bond donors (Lipinski definition) is 0. The third kappa shape index (κ3) is 4.49. The summed E-state index contributed by atoms with van der Waals surface area (Å²) in [6.45, 7) is 6.96. The van der Waals surface area contributed by atoms with Crippen LogP contribution in [0.5, 0.6) is 5.75 Å². The summed E-state index contributed by atoms with van der Waals surface area (Å²) in [4.78, 5) is 14.8. The highest BCUT2D eigenvalue weighted by Crippen LogP contribution is 2.34. The third-order valence-corrected chi connectivity index (χ3v) is 6.74. The Balaban J connectivity index is 1.52. The van der Waals surface area contributed by atoms with Crippen molar-refractivity contribution in [1.82, 2.24) is 9.47 Å². The van der Waals surface area contributed by atoms with E-state index in [0.717, 1.165) is 34.0 Å². The summed E-state index contributed by atoms with van der Waals surface area (Å²) in [7, 11) is 0. The van der Waals surface area contributed by atoms with Gasteiger partial charge in [0, 0.05) is 23.6 Å². The van der Waals surface area contributed by atoms with Gasteiger partial charge >= 0.3 is 0 Å². The Morgan fingerprint density at radius 2 is 1.78 bits per heavy atom. The number of thioether (sulfide) groups is 1. The van der Waals surface area contributed by atoms with E-state index in [1.807, 2.05) is 51.1 Å². The number of carbonyl (C=O) groups is 1. The molecule has 0 atom stereocenters. The smallest absolute Gasteiger partial charge is 0.266 e. The molecule has 2 aromatic carbocycles. The molecule has 1 aromatic heterocycles. The minimum absolute atomic E-state index is 0.0324. The van der Waals surface area contributed by atoms with E-state index >= 15 is 0 Å². The van der Waals surface area contributed by atoms with Gasteiger partial charge in [0.15, 0.2) is 0 Å². The van der Waals surface area contributed by atoms with Gasteiger partial charge in [0.05, 0.1) is 4.91 Å². The minimum atomic E-state index is -0.258. The quantitative estimate of drug-likeness (QED) is 0.328. The van der Waals surface area contributed by atoms with Crippen molar-refractivity contribution in [2.24, 2.45) is 0 Å². The van der Waals surface area contributed by atoms with Crippen molar-refractivity contribution in [2.45, 2.75) is 27.4 Å². The Labute approximate surface area is 196 Å². The second kappa shape index (κ2) is 9.30. The first kappa shape index (κ1) is 22.3. The summed E-state index contributed by atoms with van der Waals surface area (Å²) < 4.78 is 21.6. The van der Waals surface area contributed by atoms with Gasteiger partial charge in [0.2, 0.25) is 0 Å². The summed E-state index contributed by atoms with van der Waals surface area (Å²) in [5.41, 5.74) is 5.03. The maximum absolute atomic E-state index is 13.0. The zero-order valence-electron chi connectivity index (χ0n) is 18.1. The van der Waals surface area contributed by atoms with Gasteiger partial charge < -0.3 is 9.30 Å². The van der Waals surface area contributed by atoms with Crippen LogP contribution in [-0.2, 0) is 11.4 Å². The van der Waals surface area contributed by atoms with Gasteiger partial charge in [-0.1, -0.05) is 36.1 Å². The number of rotatable bonds is 6. The topological polar surface area (TPSA) is 34.5 Å². The fourth-order valence-corrected chi connectivity index (χ4v) is 5.06. The van der Waals surface area contributed by atoms with Gasteiger partial charge in [-0.25, -0.2) is 4.39 Å². The Bertz CT molecular complexity index is 1200. The number of nitrogens with zero attached hydrogens (tertiary/aromatic N) is 2. The normalized spacial score (nSPS) is 15.1. The van der Waals surface area contributed by atoms with Crippen LogP contribution in [0.4, 0.5) is 4.39 Å². The van der Waals surface area contributed by atoms with E-state index in [1.54, 1.807) is 17.0 Å². The van der Waals surface area contributed by atoms with Crippen molar-refractivity contribution in [2.75, 3.05) is 6.54 Å². The Morgan fingerprint density at radius 3 is 2.41 bits per heavy atom. The highest BCUT2D eigenvalue weighted by atomic mass is 32.2. The molecule has 0 unspecified atom stereocenters. The van der Waals surface area contributed by atoms with Crippen LogP contribution in [0.3, 0.4) is 0 Å². The van der Waals surface area contributed by atoms with E-state index in [-0.39, 0.29) is 11.7 Å². The molecule has 32 heavy (non-hydrogen) atoms. The molecule has 1 saturated heterocycles. The van der Waals surface area contributed by atoms with E-state index in [9.17, 15) is 9.18 Å². The van der Waals surface area contributed by atoms with Gasteiger partial charge in [0.25, 0.3) is 5.91 Å². The molecule has 0 aliphatic carbocycles. The molecule has 4 rings (SSSR count). The van der Waals surface area contributed by atoms with Gasteiger partial charge in [-0.3, -0.25) is 9.69 Å². The number of amides is 1. The van der Waals surface area contributed by atoms with Gasteiger partial charge in [-0.05, 0) is 80.4 Å². The molecule has 0 saturated carbocycles. The van der Waals surface area contributed by atoms with Crippen molar-refractivity contribution in [3.8, 4) is 11.4 Å². The fourth-order valence-electron chi connectivity index (χ4n) is 3.68. The summed E-state index contributed by atoms with van der Waals surface area (Å²) in [5, 5.41) is 0. The number of carbonyl (C=O) groups excluding carboxylic acids is 1. The van der Waals surface area contributed by atoms with E-state index < -0.39 is 0 Å². The minimum Gasteiger partial charge on any atom is -0.489 e. The Hall–Kier alpha value is -2.90. The predicted octanol–water partition coefficient (Wildman–Crippen LogP) is 6.03. The van der Waals surface area contributed by atoms with Crippen LogP contribution < -0.4 is 4.74 Å². The highest BCUT2D eigenvalue weighted by molar-refractivity contribution is 8.26. The van der Waals surface area contributed by atoms with E-state index in [2.05, 4.69) is 10.6 Å². The first-order valence-electron chi connectivity index (χ1n) is 10.3. The summed E-state index contributed by atoms with van der Waals surface area (Å²) in [6.07, 6.45) is 1.92. The first-order chi connectivity index (χ1) is 15.4. The molecule has 2 heterocycles. The summed E-state index contributed by atoms with van der Waals surface area (Å²) in [5.74, 6) is 0.450. The number of aromatic nitrogens is 1. The lowest BCUT2D eigenvalue weighted by Gasteiger charge is -2.12. The predicted molar refractivity (Wildman–Crippen MR) is 132 cm³/mol. The molecule has 0 radical (unpaired) electrons. The molecule has 4 nitrogen and oxygen atoms in total. The number of aryl methyl sites for hydroxylation is 1. The average Bonchev–Trinajstić information content (AvgIpc) is 3.21. The van der Waals surface area contributed by atoms with E-state index in [0.29, 0.717) is 22.4 Å². The lowest BCUT2D eigenvalue weighted by Crippen LogP contribution is -2.27. The van der Waals surface area contributed by atoms with Gasteiger partial charge in [0.1, 0.15) is 22.5 Å². The molecule has 1 aliphatic rings. The van der Waals surface area contributed by atoms with Crippen molar-refractivity contribution in [3.63, 3.8) is 0 Å². The zero-order valence-corrected chi connectivity index (χ0v) is 19.7. The van der Waals surface area contributed by atoms with Crippen molar-refractivity contribution < 1.29 is 13.9 Å². The van der Waals surface area contributed by atoms with Crippen molar-refractivity contribution in [3.05, 3.63) is 87.8 Å². The second-order valence-electron chi connectivity index (χ2n) is 7.50. The lowest BCUT2D eigenvalue weighted by atomic mass is 10.2. The maximum Gasteiger partial charge on any atom is 0.266 e. The third-order valence-electron chi connectivity index (χ3n) is 5.36. The molecule has 0 N–H and O–H groups in total. The second-order valence-corrected chi connectivity index (χ2v) is 9.17. The molecule has 1 aliphatic heterocycles. The fraction of sp³-hybridized carbons (Fsp3) is 0.200. The molecule has 1 amide bonds. The van der Waals surface area contributed by atoms with E-state index in [1.165, 1.54) is 23.9 Å². The number of halogens is 1. The largest absolute Gasteiger partial charge is 0.489 e. The molecular formula is C25H23FN2O2S2. The standard InChI is InChI=1S/C25H23FN2O2S2/c1-4-27-24(29)23(32-25(27)31)14-19-13-16(2)28(17(19)3)21-9-11-22(12-10-21)30-15-18-5-7-20(26)8-6-18/h5-14H,4,15H2,1-3H3. The molecule has 1 fully saturated rings. The SMILES string of the molecule is CCN1C(=O)C(=Cc2cc(C)n(-c3ccc(OCc4ccc(F)cc4)cc3)c2C)SC1=S. The van der Waals surface area contributed by atoms with Crippen LogP contribution in [0, 0.1) is 19.7 Å². The van der Waals surface area contributed by atoms with Crippen LogP contribution >= 0.6 is 24.0 Å². The number of thiocarbonyl (C=S) groups is 1.